The van der Waals surface area contributed by atoms with Crippen LogP contribution < -0.4 is 0 Å². The predicted octanol–water partition coefficient (Wildman–Crippen LogP) is 2.40. The summed E-state index contributed by atoms with van der Waals surface area (Å²) in [5.41, 5.74) is 2.60. The Morgan fingerprint density at radius 2 is 2.07 bits per heavy atom. The maximum Gasteiger partial charge on any atom is 0.0867 e. The van der Waals surface area contributed by atoms with E-state index in [2.05, 4.69) is 32.0 Å². The van der Waals surface area contributed by atoms with E-state index in [1.165, 1.54) is 16.0 Å². The molecule has 0 amide bonds. The fourth-order valence-corrected chi connectivity index (χ4v) is 2.14. The number of aryl methyl sites for hydroxylation is 2. The van der Waals surface area contributed by atoms with Gasteiger partial charge >= 0.3 is 0 Å². The Bertz CT molecular complexity index is 312. The highest BCUT2D eigenvalue weighted by Crippen LogP contribution is 2.21. The van der Waals surface area contributed by atoms with Gasteiger partial charge in [0, 0.05) is 17.8 Å². The van der Waals surface area contributed by atoms with Crippen molar-refractivity contribution in [3.8, 4) is 0 Å². The van der Waals surface area contributed by atoms with Gasteiger partial charge in [0.2, 0.25) is 0 Å². The van der Waals surface area contributed by atoms with Crippen molar-refractivity contribution < 1.29 is 9.84 Å². The van der Waals surface area contributed by atoms with Crippen LogP contribution in [0, 0.1) is 13.8 Å². The second-order valence-corrected chi connectivity index (χ2v) is 4.76. The molecule has 15 heavy (non-hydrogen) atoms. The number of thioether (sulfide) groups is 1. The number of aliphatic hydroxyl groups is 1. The Morgan fingerprint density at radius 1 is 1.33 bits per heavy atom. The lowest BCUT2D eigenvalue weighted by atomic mass is 10.1. The number of aliphatic hydroxyl groups excluding tert-OH is 1. The van der Waals surface area contributed by atoms with E-state index in [1.807, 2.05) is 0 Å². The maximum atomic E-state index is 9.49. The van der Waals surface area contributed by atoms with Crippen molar-refractivity contribution in [2.75, 3.05) is 19.5 Å². The first kappa shape index (κ1) is 12.6. The number of rotatable bonds is 5. The lowest BCUT2D eigenvalue weighted by Crippen LogP contribution is -2.16. The molecule has 2 nitrogen and oxygen atoms in total. The zero-order chi connectivity index (χ0) is 11.3. The Morgan fingerprint density at radius 3 is 2.67 bits per heavy atom. The van der Waals surface area contributed by atoms with Gasteiger partial charge in [-0.3, -0.25) is 0 Å². The van der Waals surface area contributed by atoms with Crippen LogP contribution in [0.2, 0.25) is 0 Å². The van der Waals surface area contributed by atoms with E-state index in [0.29, 0.717) is 12.4 Å². The maximum absolute atomic E-state index is 9.49. The monoisotopic (exact) mass is 226 g/mol. The standard InChI is InChI=1S/C12H18O2S/c1-9-4-5-12(6-10(9)2)15-8-11(13)7-14-3/h4-6,11,13H,7-8H2,1-3H3. The molecule has 0 aromatic heterocycles. The minimum Gasteiger partial charge on any atom is -0.390 e. The molecule has 0 aliphatic heterocycles. The van der Waals surface area contributed by atoms with Gasteiger partial charge in [0.1, 0.15) is 0 Å². The number of methoxy groups -OCH3 is 1. The zero-order valence-corrected chi connectivity index (χ0v) is 10.3. The summed E-state index contributed by atoms with van der Waals surface area (Å²) < 4.78 is 4.87. The molecule has 0 fully saturated rings. The molecular formula is C12H18O2S. The molecule has 0 radical (unpaired) electrons. The Hall–Kier alpha value is -0.510. The van der Waals surface area contributed by atoms with Crippen molar-refractivity contribution >= 4 is 11.8 Å². The topological polar surface area (TPSA) is 29.5 Å². The van der Waals surface area contributed by atoms with E-state index < -0.39 is 0 Å². The molecule has 0 aliphatic carbocycles. The highest BCUT2D eigenvalue weighted by Gasteiger charge is 2.04. The molecule has 3 heteroatoms. The smallest absolute Gasteiger partial charge is 0.0867 e. The lowest BCUT2D eigenvalue weighted by Gasteiger charge is -2.09. The van der Waals surface area contributed by atoms with Crippen molar-refractivity contribution in [3.63, 3.8) is 0 Å². The molecule has 0 heterocycles. The van der Waals surface area contributed by atoms with Crippen LogP contribution in [-0.2, 0) is 4.74 Å². The summed E-state index contributed by atoms with van der Waals surface area (Å²) in [5.74, 6) is 0.677. The number of hydrogen-bond acceptors (Lipinski definition) is 3. The van der Waals surface area contributed by atoms with E-state index in [4.69, 9.17) is 4.74 Å². The third kappa shape index (κ3) is 4.24. The SMILES string of the molecule is COCC(O)CSc1ccc(C)c(C)c1. The van der Waals surface area contributed by atoms with Crippen molar-refractivity contribution in [1.29, 1.82) is 0 Å². The van der Waals surface area contributed by atoms with Gasteiger partial charge in [0.15, 0.2) is 0 Å². The van der Waals surface area contributed by atoms with Crippen molar-refractivity contribution in [2.45, 2.75) is 24.8 Å². The molecule has 1 N–H and O–H groups in total. The van der Waals surface area contributed by atoms with Crippen LogP contribution >= 0.6 is 11.8 Å². The first-order valence-electron chi connectivity index (χ1n) is 5.00. The van der Waals surface area contributed by atoms with Gasteiger partial charge in [-0.25, -0.2) is 0 Å². The van der Waals surface area contributed by atoms with Crippen LogP contribution in [0.4, 0.5) is 0 Å². The van der Waals surface area contributed by atoms with Crippen LogP contribution in [-0.4, -0.2) is 30.7 Å². The molecule has 0 saturated carbocycles. The molecule has 1 atom stereocenters. The lowest BCUT2D eigenvalue weighted by molar-refractivity contribution is 0.0794. The van der Waals surface area contributed by atoms with Gasteiger partial charge in [-0.2, -0.15) is 0 Å². The molecular weight excluding hydrogens is 208 g/mol. The molecule has 0 spiro atoms. The number of ether oxygens (including phenoxy) is 1. The minimum absolute atomic E-state index is 0.387. The van der Waals surface area contributed by atoms with Crippen molar-refractivity contribution in [1.82, 2.24) is 0 Å². The first-order chi connectivity index (χ1) is 7.13. The van der Waals surface area contributed by atoms with Crippen LogP contribution in [0.1, 0.15) is 11.1 Å². The van der Waals surface area contributed by atoms with Gasteiger partial charge in [0.05, 0.1) is 12.7 Å². The molecule has 1 rings (SSSR count). The molecule has 0 aliphatic rings. The van der Waals surface area contributed by atoms with E-state index in [1.54, 1.807) is 18.9 Å². The average Bonchev–Trinajstić information content (AvgIpc) is 2.20. The molecule has 0 bridgehead atoms. The van der Waals surface area contributed by atoms with Crippen LogP contribution in [0.25, 0.3) is 0 Å². The first-order valence-corrected chi connectivity index (χ1v) is 5.99. The second-order valence-electron chi connectivity index (χ2n) is 3.67. The zero-order valence-electron chi connectivity index (χ0n) is 9.49. The molecule has 1 unspecified atom stereocenters. The summed E-state index contributed by atoms with van der Waals surface area (Å²) in [6.45, 7) is 4.60. The fourth-order valence-electron chi connectivity index (χ4n) is 1.24. The van der Waals surface area contributed by atoms with Crippen LogP contribution in [0.5, 0.6) is 0 Å². The summed E-state index contributed by atoms with van der Waals surface area (Å²) in [6, 6.07) is 6.35. The summed E-state index contributed by atoms with van der Waals surface area (Å²) in [6.07, 6.45) is -0.387. The number of hydrogen-bond donors (Lipinski definition) is 1. The number of benzene rings is 1. The van der Waals surface area contributed by atoms with Gasteiger partial charge in [-0.15, -0.1) is 11.8 Å². The average molecular weight is 226 g/mol. The van der Waals surface area contributed by atoms with E-state index in [-0.39, 0.29) is 6.10 Å². The van der Waals surface area contributed by atoms with E-state index in [9.17, 15) is 5.11 Å². The quantitative estimate of drug-likeness (QED) is 0.782. The summed E-state index contributed by atoms with van der Waals surface area (Å²) in [7, 11) is 1.60. The minimum atomic E-state index is -0.387. The predicted molar refractivity (Wildman–Crippen MR) is 64.5 cm³/mol. The van der Waals surface area contributed by atoms with Gasteiger partial charge in [-0.05, 0) is 37.1 Å². The second kappa shape index (κ2) is 6.16. The van der Waals surface area contributed by atoms with Gasteiger partial charge in [-0.1, -0.05) is 6.07 Å². The molecule has 1 aromatic carbocycles. The van der Waals surface area contributed by atoms with Crippen LogP contribution in [0.15, 0.2) is 23.1 Å². The highest BCUT2D eigenvalue weighted by atomic mass is 32.2. The summed E-state index contributed by atoms with van der Waals surface area (Å²) in [5, 5.41) is 9.49. The summed E-state index contributed by atoms with van der Waals surface area (Å²) >= 11 is 1.66. The van der Waals surface area contributed by atoms with Crippen LogP contribution in [0.3, 0.4) is 0 Å². The highest BCUT2D eigenvalue weighted by molar-refractivity contribution is 7.99. The van der Waals surface area contributed by atoms with E-state index >= 15 is 0 Å². The molecule has 0 saturated heterocycles. The van der Waals surface area contributed by atoms with E-state index in [0.717, 1.165) is 0 Å². The van der Waals surface area contributed by atoms with Crippen molar-refractivity contribution in [3.05, 3.63) is 29.3 Å². The Labute approximate surface area is 95.7 Å². The summed E-state index contributed by atoms with van der Waals surface area (Å²) in [4.78, 5) is 1.20. The largest absolute Gasteiger partial charge is 0.390 e. The van der Waals surface area contributed by atoms with Crippen molar-refractivity contribution in [2.24, 2.45) is 0 Å². The van der Waals surface area contributed by atoms with Gasteiger partial charge in [0.25, 0.3) is 0 Å². The fraction of sp³-hybridized carbons (Fsp3) is 0.500. The Kier molecular flexibility index (Phi) is 5.15. The molecule has 1 aromatic rings. The third-order valence-electron chi connectivity index (χ3n) is 2.28. The molecule has 84 valence electrons. The Balaban J connectivity index is 2.47. The normalized spacial score (nSPS) is 12.8. The third-order valence-corrected chi connectivity index (χ3v) is 3.42. The van der Waals surface area contributed by atoms with Gasteiger partial charge < -0.3 is 9.84 Å².